The van der Waals surface area contributed by atoms with Crippen molar-refractivity contribution < 1.29 is 4.39 Å². The summed E-state index contributed by atoms with van der Waals surface area (Å²) in [5.74, 6) is 0.0913. The van der Waals surface area contributed by atoms with E-state index in [4.69, 9.17) is 17.3 Å². The number of aromatic nitrogens is 2. The molecule has 2 aromatic rings. The first kappa shape index (κ1) is 11.0. The fourth-order valence-corrected chi connectivity index (χ4v) is 1.62. The molecule has 1 heterocycles. The van der Waals surface area contributed by atoms with Gasteiger partial charge in [-0.3, -0.25) is 0 Å². The fourth-order valence-electron chi connectivity index (χ4n) is 1.49. The quantitative estimate of drug-likeness (QED) is 0.876. The van der Waals surface area contributed by atoms with Gasteiger partial charge in [-0.15, -0.1) is 0 Å². The number of anilines is 1. The molecule has 0 atom stereocenters. The van der Waals surface area contributed by atoms with Crippen LogP contribution >= 0.6 is 11.6 Å². The van der Waals surface area contributed by atoms with Gasteiger partial charge in [0.05, 0.1) is 12.2 Å². The van der Waals surface area contributed by atoms with Crippen LogP contribution in [0.15, 0.2) is 24.3 Å². The number of aryl methyl sites for hydroxylation is 1. The van der Waals surface area contributed by atoms with Crippen molar-refractivity contribution in [2.45, 2.75) is 13.5 Å². The van der Waals surface area contributed by atoms with Crippen LogP contribution in [0.1, 0.15) is 11.3 Å². The molecule has 1 aromatic heterocycles. The third-order valence-corrected chi connectivity index (χ3v) is 2.84. The Kier molecular flexibility index (Phi) is 2.83. The van der Waals surface area contributed by atoms with E-state index in [1.54, 1.807) is 25.1 Å². The monoisotopic (exact) mass is 239 g/mol. The van der Waals surface area contributed by atoms with Crippen LogP contribution in [0.25, 0.3) is 0 Å². The van der Waals surface area contributed by atoms with Crippen molar-refractivity contribution in [1.82, 2.24) is 9.78 Å². The summed E-state index contributed by atoms with van der Waals surface area (Å²) < 4.78 is 14.9. The van der Waals surface area contributed by atoms with E-state index < -0.39 is 0 Å². The summed E-state index contributed by atoms with van der Waals surface area (Å²) in [6.07, 6.45) is 0. The Morgan fingerprint density at radius 3 is 2.69 bits per heavy atom. The van der Waals surface area contributed by atoms with E-state index in [2.05, 4.69) is 5.10 Å². The van der Waals surface area contributed by atoms with Gasteiger partial charge in [0.1, 0.15) is 16.7 Å². The molecule has 3 nitrogen and oxygen atoms in total. The highest BCUT2D eigenvalue weighted by Gasteiger charge is 2.11. The molecule has 2 N–H and O–H groups in total. The zero-order valence-electron chi connectivity index (χ0n) is 8.74. The lowest BCUT2D eigenvalue weighted by Crippen LogP contribution is -2.07. The van der Waals surface area contributed by atoms with E-state index in [-0.39, 0.29) is 12.4 Å². The van der Waals surface area contributed by atoms with Crippen molar-refractivity contribution in [2.75, 3.05) is 5.73 Å². The summed E-state index contributed by atoms with van der Waals surface area (Å²) in [6.45, 7) is 2.04. The Labute approximate surface area is 97.6 Å². The van der Waals surface area contributed by atoms with E-state index in [0.717, 1.165) is 0 Å². The first-order valence-electron chi connectivity index (χ1n) is 4.81. The molecule has 0 saturated carbocycles. The molecule has 0 fully saturated rings. The summed E-state index contributed by atoms with van der Waals surface area (Å²) >= 11 is 5.90. The zero-order chi connectivity index (χ0) is 11.7. The summed E-state index contributed by atoms with van der Waals surface area (Å²) in [7, 11) is 0. The van der Waals surface area contributed by atoms with E-state index in [9.17, 15) is 4.39 Å². The van der Waals surface area contributed by atoms with Gasteiger partial charge in [-0.2, -0.15) is 5.10 Å². The van der Waals surface area contributed by atoms with Crippen LogP contribution in [0.3, 0.4) is 0 Å². The largest absolute Gasteiger partial charge is 0.383 e. The first-order valence-corrected chi connectivity index (χ1v) is 5.19. The number of benzene rings is 1. The molecule has 1 aromatic carbocycles. The van der Waals surface area contributed by atoms with Crippen LogP contribution in [0.2, 0.25) is 5.02 Å². The maximum Gasteiger partial charge on any atom is 0.141 e. The van der Waals surface area contributed by atoms with Gasteiger partial charge in [0.25, 0.3) is 0 Å². The highest BCUT2D eigenvalue weighted by atomic mass is 35.5. The molecule has 16 heavy (non-hydrogen) atoms. The smallest absolute Gasteiger partial charge is 0.141 e. The normalized spacial score (nSPS) is 10.7. The van der Waals surface area contributed by atoms with Crippen LogP contribution in [0, 0.1) is 12.7 Å². The third-order valence-electron chi connectivity index (χ3n) is 2.37. The minimum Gasteiger partial charge on any atom is -0.383 e. The van der Waals surface area contributed by atoms with Crippen molar-refractivity contribution in [2.24, 2.45) is 0 Å². The highest BCUT2D eigenvalue weighted by molar-refractivity contribution is 6.33. The average Bonchev–Trinajstić information content (AvgIpc) is 2.50. The van der Waals surface area contributed by atoms with Gasteiger partial charge in [-0.1, -0.05) is 29.8 Å². The third kappa shape index (κ3) is 1.88. The molecule has 0 amide bonds. The summed E-state index contributed by atoms with van der Waals surface area (Å²) in [6, 6.07) is 6.51. The number of nitrogens with two attached hydrogens (primary N) is 1. The van der Waals surface area contributed by atoms with Gasteiger partial charge in [-0.25, -0.2) is 9.07 Å². The van der Waals surface area contributed by atoms with E-state index in [1.165, 1.54) is 10.7 Å². The van der Waals surface area contributed by atoms with Crippen LogP contribution in [-0.2, 0) is 6.54 Å². The molecule has 0 radical (unpaired) electrons. The van der Waals surface area contributed by atoms with Crippen molar-refractivity contribution in [3.63, 3.8) is 0 Å². The van der Waals surface area contributed by atoms with Crippen molar-refractivity contribution in [3.05, 3.63) is 46.4 Å². The van der Waals surface area contributed by atoms with Gasteiger partial charge in [0.2, 0.25) is 0 Å². The predicted molar refractivity (Wildman–Crippen MR) is 61.9 cm³/mol. The molecule has 84 valence electrons. The minimum atomic E-state index is -0.272. The Bertz CT molecular complexity index is 522. The Hall–Kier alpha value is -1.55. The predicted octanol–water partition coefficient (Wildman–Crippen LogP) is 2.61. The standard InChI is InChI=1S/C11H11ClFN3/c1-7-10(12)11(14)16(15-7)6-8-4-2-3-5-9(8)13/h2-5H,6,14H2,1H3. The van der Waals surface area contributed by atoms with Crippen LogP contribution in [0.5, 0.6) is 0 Å². The molecule has 0 unspecified atom stereocenters. The Balaban J connectivity index is 2.34. The number of hydrogen-bond donors (Lipinski definition) is 1. The second-order valence-electron chi connectivity index (χ2n) is 3.53. The fraction of sp³-hybridized carbons (Fsp3) is 0.182. The topological polar surface area (TPSA) is 43.8 Å². The number of rotatable bonds is 2. The second-order valence-corrected chi connectivity index (χ2v) is 3.91. The van der Waals surface area contributed by atoms with Crippen LogP contribution in [0.4, 0.5) is 10.2 Å². The van der Waals surface area contributed by atoms with Crippen LogP contribution in [-0.4, -0.2) is 9.78 Å². The summed E-state index contributed by atoms with van der Waals surface area (Å²) in [5.41, 5.74) is 6.93. The number of nitrogen functional groups attached to an aromatic ring is 1. The number of halogens is 2. The van der Waals surface area contributed by atoms with Crippen LogP contribution < -0.4 is 5.73 Å². The molecule has 0 aliphatic heterocycles. The van der Waals surface area contributed by atoms with E-state index in [1.807, 2.05) is 0 Å². The van der Waals surface area contributed by atoms with E-state index >= 15 is 0 Å². The molecular formula is C11H11ClFN3. The van der Waals surface area contributed by atoms with Crippen molar-refractivity contribution >= 4 is 17.4 Å². The summed E-state index contributed by atoms with van der Waals surface area (Å²) in [5, 5.41) is 4.57. The van der Waals surface area contributed by atoms with Gasteiger partial charge >= 0.3 is 0 Å². The molecule has 2 rings (SSSR count). The number of hydrogen-bond acceptors (Lipinski definition) is 2. The van der Waals surface area contributed by atoms with Gasteiger partial charge in [0, 0.05) is 5.56 Å². The zero-order valence-corrected chi connectivity index (χ0v) is 9.50. The van der Waals surface area contributed by atoms with Gasteiger partial charge < -0.3 is 5.73 Å². The lowest BCUT2D eigenvalue weighted by molar-refractivity contribution is 0.586. The molecule has 0 saturated heterocycles. The maximum absolute atomic E-state index is 13.4. The van der Waals surface area contributed by atoms with Gasteiger partial charge in [0.15, 0.2) is 0 Å². The van der Waals surface area contributed by atoms with Gasteiger partial charge in [-0.05, 0) is 13.0 Å². The molecule has 0 aliphatic carbocycles. The van der Waals surface area contributed by atoms with Crippen molar-refractivity contribution in [3.8, 4) is 0 Å². The Morgan fingerprint density at radius 1 is 1.44 bits per heavy atom. The Morgan fingerprint density at radius 2 is 2.12 bits per heavy atom. The minimum absolute atomic E-state index is 0.272. The van der Waals surface area contributed by atoms with E-state index in [0.29, 0.717) is 22.1 Å². The highest BCUT2D eigenvalue weighted by Crippen LogP contribution is 2.23. The SMILES string of the molecule is Cc1nn(Cc2ccccc2F)c(N)c1Cl. The molecule has 5 heteroatoms. The molecule has 0 aliphatic rings. The lowest BCUT2D eigenvalue weighted by Gasteiger charge is -2.05. The molecule has 0 bridgehead atoms. The molecular weight excluding hydrogens is 229 g/mol. The first-order chi connectivity index (χ1) is 7.59. The number of nitrogens with zero attached hydrogens (tertiary/aromatic N) is 2. The average molecular weight is 240 g/mol. The maximum atomic E-state index is 13.4. The molecule has 0 spiro atoms. The second kappa shape index (κ2) is 4.14. The lowest BCUT2D eigenvalue weighted by atomic mass is 10.2. The van der Waals surface area contributed by atoms with Crippen molar-refractivity contribution in [1.29, 1.82) is 0 Å². The summed E-state index contributed by atoms with van der Waals surface area (Å²) in [4.78, 5) is 0.